The molecule has 7 heteroatoms. The van der Waals surface area contributed by atoms with Gasteiger partial charge < -0.3 is 14.1 Å². The summed E-state index contributed by atoms with van der Waals surface area (Å²) in [6.45, 7) is 3.31. The third kappa shape index (κ3) is 4.73. The second-order valence-corrected chi connectivity index (χ2v) is 6.57. The Balaban J connectivity index is 1.75. The van der Waals surface area contributed by atoms with Gasteiger partial charge in [0.2, 0.25) is 5.89 Å². The number of nitriles is 1. The van der Waals surface area contributed by atoms with Gasteiger partial charge in [-0.3, -0.25) is 4.79 Å². The van der Waals surface area contributed by atoms with Gasteiger partial charge in [0.25, 0.3) is 5.91 Å². The number of aryl methyl sites for hydroxylation is 1. The van der Waals surface area contributed by atoms with Crippen LogP contribution < -0.4 is 4.90 Å². The predicted molar refractivity (Wildman–Crippen MR) is 111 cm³/mol. The molecule has 1 amide bonds. The lowest BCUT2D eigenvalue weighted by Crippen LogP contribution is -2.40. The van der Waals surface area contributed by atoms with Gasteiger partial charge in [0, 0.05) is 17.8 Å². The molecule has 30 heavy (non-hydrogen) atoms. The lowest BCUT2D eigenvalue weighted by atomic mass is 10.2. The third-order valence-corrected chi connectivity index (χ3v) is 4.42. The van der Waals surface area contributed by atoms with E-state index in [1.165, 1.54) is 11.8 Å². The number of carbonyl (C=O) groups excluding carboxylic acids is 2. The maximum atomic E-state index is 12.9. The van der Waals surface area contributed by atoms with E-state index in [-0.39, 0.29) is 18.7 Å². The van der Waals surface area contributed by atoms with E-state index in [0.717, 1.165) is 5.56 Å². The molecule has 0 saturated carbocycles. The molecule has 2 aromatic carbocycles. The van der Waals surface area contributed by atoms with E-state index < -0.39 is 18.0 Å². The van der Waals surface area contributed by atoms with Crippen molar-refractivity contribution < 1.29 is 18.7 Å². The number of hydrogen-bond acceptors (Lipinski definition) is 6. The molecule has 1 atom stereocenters. The maximum absolute atomic E-state index is 12.9. The van der Waals surface area contributed by atoms with E-state index in [2.05, 4.69) is 4.98 Å². The zero-order chi connectivity index (χ0) is 21.5. The minimum absolute atomic E-state index is 0.0248. The lowest BCUT2D eigenvalue weighted by molar-refractivity contribution is -0.126. The van der Waals surface area contributed by atoms with Crippen LogP contribution in [0.3, 0.4) is 0 Å². The summed E-state index contributed by atoms with van der Waals surface area (Å²) in [5.41, 5.74) is 1.39. The topological polar surface area (TPSA) is 96.4 Å². The highest BCUT2D eigenvalue weighted by atomic mass is 16.5. The van der Waals surface area contributed by atoms with Gasteiger partial charge in [0.15, 0.2) is 11.8 Å². The molecular weight excluding hydrogens is 382 g/mol. The highest BCUT2D eigenvalue weighted by Crippen LogP contribution is 2.22. The Hall–Kier alpha value is -3.92. The van der Waals surface area contributed by atoms with E-state index >= 15 is 0 Å². The van der Waals surface area contributed by atoms with Crippen molar-refractivity contribution in [3.8, 4) is 17.5 Å². The van der Waals surface area contributed by atoms with Gasteiger partial charge >= 0.3 is 5.97 Å². The van der Waals surface area contributed by atoms with Crippen LogP contribution in [0.25, 0.3) is 11.5 Å². The summed E-state index contributed by atoms with van der Waals surface area (Å²) in [4.78, 5) is 31.2. The summed E-state index contributed by atoms with van der Waals surface area (Å²) in [6, 6.07) is 20.2. The van der Waals surface area contributed by atoms with Crippen LogP contribution in [0.4, 0.5) is 5.69 Å². The molecule has 0 aliphatic heterocycles. The monoisotopic (exact) mass is 403 g/mol. The van der Waals surface area contributed by atoms with Gasteiger partial charge in [-0.05, 0) is 38.1 Å². The number of rotatable bonds is 7. The summed E-state index contributed by atoms with van der Waals surface area (Å²) in [6.07, 6.45) is -0.905. The number of amides is 1. The van der Waals surface area contributed by atoms with E-state index in [9.17, 15) is 9.59 Å². The Labute approximate surface area is 174 Å². The fourth-order valence-corrected chi connectivity index (χ4v) is 2.91. The number of carbonyl (C=O) groups is 2. The minimum atomic E-state index is -1.06. The van der Waals surface area contributed by atoms with Gasteiger partial charge in [-0.15, -0.1) is 0 Å². The number of anilines is 1. The first kappa shape index (κ1) is 20.8. The molecule has 0 spiro atoms. The molecule has 3 aromatic rings. The number of benzene rings is 2. The van der Waals surface area contributed by atoms with Gasteiger partial charge in [-0.25, -0.2) is 9.78 Å². The van der Waals surface area contributed by atoms with Crippen molar-refractivity contribution in [2.75, 3.05) is 11.4 Å². The van der Waals surface area contributed by atoms with Gasteiger partial charge in [-0.2, -0.15) is 5.26 Å². The second kappa shape index (κ2) is 9.52. The number of nitrogens with zero attached hydrogens (tertiary/aromatic N) is 3. The number of aromatic nitrogens is 1. The maximum Gasteiger partial charge on any atom is 0.361 e. The van der Waals surface area contributed by atoms with Crippen LogP contribution in [0.1, 0.15) is 29.6 Å². The average molecular weight is 403 g/mol. The molecule has 152 valence electrons. The molecular formula is C23H21N3O4. The van der Waals surface area contributed by atoms with Crippen LogP contribution >= 0.6 is 0 Å². The Kier molecular flexibility index (Phi) is 6.60. The van der Waals surface area contributed by atoms with Crippen molar-refractivity contribution in [1.82, 2.24) is 4.98 Å². The highest BCUT2D eigenvalue weighted by Gasteiger charge is 2.28. The number of esters is 1. The van der Waals surface area contributed by atoms with E-state index in [4.69, 9.17) is 14.4 Å². The second-order valence-electron chi connectivity index (χ2n) is 6.57. The van der Waals surface area contributed by atoms with Crippen molar-refractivity contribution in [2.45, 2.75) is 26.4 Å². The fraction of sp³-hybridized carbons (Fsp3) is 0.217. The van der Waals surface area contributed by atoms with Crippen LogP contribution in [-0.4, -0.2) is 29.5 Å². The van der Waals surface area contributed by atoms with Crippen molar-refractivity contribution in [3.63, 3.8) is 0 Å². The predicted octanol–water partition coefficient (Wildman–Crippen LogP) is 4.14. The highest BCUT2D eigenvalue weighted by molar-refractivity contribution is 5.98. The summed E-state index contributed by atoms with van der Waals surface area (Å²) < 4.78 is 11.0. The van der Waals surface area contributed by atoms with Gasteiger partial charge in [0.05, 0.1) is 12.5 Å². The van der Waals surface area contributed by atoms with Crippen LogP contribution in [0.2, 0.25) is 0 Å². The Morgan fingerprint density at radius 3 is 2.40 bits per heavy atom. The smallest absolute Gasteiger partial charge is 0.361 e. The lowest BCUT2D eigenvalue weighted by Gasteiger charge is -2.24. The van der Waals surface area contributed by atoms with Crippen molar-refractivity contribution in [3.05, 3.63) is 72.1 Å². The Morgan fingerprint density at radius 2 is 1.77 bits per heavy atom. The summed E-state index contributed by atoms with van der Waals surface area (Å²) in [7, 11) is 0. The SMILES string of the molecule is Cc1oc(-c2ccccc2)nc1C(=O)O[C@H](C)C(=O)N(CCC#N)c1ccccc1. The molecule has 0 aliphatic rings. The van der Waals surface area contributed by atoms with Gasteiger partial charge in [0.1, 0.15) is 5.76 Å². The van der Waals surface area contributed by atoms with E-state index in [1.54, 1.807) is 31.2 Å². The third-order valence-electron chi connectivity index (χ3n) is 4.42. The summed E-state index contributed by atoms with van der Waals surface area (Å²) >= 11 is 0. The Bertz CT molecular complexity index is 1060. The van der Waals surface area contributed by atoms with Crippen molar-refractivity contribution in [2.24, 2.45) is 0 Å². The number of ether oxygens (including phenoxy) is 1. The standard InChI is InChI=1S/C23H21N3O4/c1-16-20(25-21(29-16)18-10-5-3-6-11-18)23(28)30-17(2)22(27)26(15-9-14-24)19-12-7-4-8-13-19/h3-8,10-13,17H,9,15H2,1-2H3/t17-/m1/s1. The summed E-state index contributed by atoms with van der Waals surface area (Å²) in [5.74, 6) is -0.552. The molecule has 0 fully saturated rings. The van der Waals surface area contributed by atoms with Crippen LogP contribution in [-0.2, 0) is 9.53 Å². The molecule has 1 aromatic heterocycles. The average Bonchev–Trinajstić information content (AvgIpc) is 3.17. The molecule has 1 heterocycles. The fourth-order valence-electron chi connectivity index (χ4n) is 2.91. The number of para-hydroxylation sites is 1. The molecule has 7 nitrogen and oxygen atoms in total. The van der Waals surface area contributed by atoms with E-state index in [1.807, 2.05) is 42.5 Å². The van der Waals surface area contributed by atoms with Crippen LogP contribution in [0.5, 0.6) is 0 Å². The van der Waals surface area contributed by atoms with E-state index in [0.29, 0.717) is 17.3 Å². The molecule has 0 bridgehead atoms. The molecule has 3 rings (SSSR count). The summed E-state index contributed by atoms with van der Waals surface area (Å²) in [5, 5.41) is 8.91. The largest absolute Gasteiger partial charge is 0.448 e. The zero-order valence-electron chi connectivity index (χ0n) is 16.7. The molecule has 0 aliphatic carbocycles. The molecule has 0 unspecified atom stereocenters. The first-order valence-corrected chi connectivity index (χ1v) is 9.48. The number of oxazole rings is 1. The van der Waals surface area contributed by atoms with Crippen molar-refractivity contribution in [1.29, 1.82) is 5.26 Å². The number of hydrogen-bond donors (Lipinski definition) is 0. The van der Waals surface area contributed by atoms with Crippen LogP contribution in [0.15, 0.2) is 65.1 Å². The molecule has 0 N–H and O–H groups in total. The minimum Gasteiger partial charge on any atom is -0.448 e. The quantitative estimate of drug-likeness (QED) is 0.550. The Morgan fingerprint density at radius 1 is 1.13 bits per heavy atom. The first-order valence-electron chi connectivity index (χ1n) is 9.48. The zero-order valence-corrected chi connectivity index (χ0v) is 16.7. The molecule has 0 radical (unpaired) electrons. The first-order chi connectivity index (χ1) is 14.5. The van der Waals surface area contributed by atoms with Gasteiger partial charge in [-0.1, -0.05) is 36.4 Å². The molecule has 0 saturated heterocycles. The normalized spacial score (nSPS) is 11.4. The van der Waals surface area contributed by atoms with Crippen molar-refractivity contribution >= 4 is 17.6 Å². The van der Waals surface area contributed by atoms with Crippen LogP contribution in [0, 0.1) is 18.3 Å².